The minimum Gasteiger partial charge on any atom is -0.493 e. The Balaban J connectivity index is 1.77. The Hall–Kier alpha value is -3.43. The van der Waals surface area contributed by atoms with Crippen LogP contribution in [0.25, 0.3) is 5.57 Å². The van der Waals surface area contributed by atoms with Gasteiger partial charge in [0, 0.05) is 32.7 Å². The van der Waals surface area contributed by atoms with Crippen molar-refractivity contribution in [2.24, 2.45) is 0 Å². The molecule has 1 N–H and O–H groups in total. The number of hydrogen-bond donors (Lipinski definition) is 1. The lowest BCUT2D eigenvalue weighted by molar-refractivity contribution is -0.120. The van der Waals surface area contributed by atoms with Crippen molar-refractivity contribution in [3.05, 3.63) is 59.5 Å². The third-order valence-corrected chi connectivity index (χ3v) is 5.92. The van der Waals surface area contributed by atoms with Gasteiger partial charge in [0.15, 0.2) is 11.5 Å². The fourth-order valence-electron chi connectivity index (χ4n) is 4.22. The Labute approximate surface area is 191 Å². The summed E-state index contributed by atoms with van der Waals surface area (Å²) in [6.45, 7) is 2.99. The SMILES string of the molecule is COc1ccc(C2=C(N3CCN(CCO)CC3)C(=O)N(c3ccc(F)cc3)C2=O)cc1OC. The molecule has 8 nitrogen and oxygen atoms in total. The lowest BCUT2D eigenvalue weighted by atomic mass is 10.0. The molecule has 2 heterocycles. The molecular weight excluding hydrogens is 429 g/mol. The molecule has 1 fully saturated rings. The first kappa shape index (κ1) is 22.8. The van der Waals surface area contributed by atoms with Gasteiger partial charge in [-0.25, -0.2) is 9.29 Å². The van der Waals surface area contributed by atoms with Gasteiger partial charge in [-0.05, 0) is 42.0 Å². The van der Waals surface area contributed by atoms with Crippen molar-refractivity contribution in [2.75, 3.05) is 58.5 Å². The minimum absolute atomic E-state index is 0.0648. The number of β-amino-alcohol motifs (C(OH)–C–C–N with tert-alkyl or cyclic N) is 1. The zero-order valence-corrected chi connectivity index (χ0v) is 18.6. The molecule has 0 atom stereocenters. The fraction of sp³-hybridized carbons (Fsp3) is 0.333. The average Bonchev–Trinajstić information content (AvgIpc) is 3.10. The van der Waals surface area contributed by atoms with E-state index in [0.29, 0.717) is 61.2 Å². The van der Waals surface area contributed by atoms with E-state index in [1.165, 1.54) is 38.5 Å². The topological polar surface area (TPSA) is 82.5 Å². The second kappa shape index (κ2) is 9.60. The van der Waals surface area contributed by atoms with Gasteiger partial charge in [-0.3, -0.25) is 14.5 Å². The summed E-state index contributed by atoms with van der Waals surface area (Å²) >= 11 is 0. The Morgan fingerprint density at radius 2 is 1.58 bits per heavy atom. The number of aliphatic hydroxyl groups is 1. The van der Waals surface area contributed by atoms with Gasteiger partial charge in [0.25, 0.3) is 11.8 Å². The van der Waals surface area contributed by atoms with Crippen LogP contribution in [0.1, 0.15) is 5.56 Å². The van der Waals surface area contributed by atoms with Crippen molar-refractivity contribution < 1.29 is 28.6 Å². The van der Waals surface area contributed by atoms with Gasteiger partial charge in [-0.1, -0.05) is 6.07 Å². The monoisotopic (exact) mass is 455 g/mol. The summed E-state index contributed by atoms with van der Waals surface area (Å²) in [6.07, 6.45) is 0. The van der Waals surface area contributed by atoms with Gasteiger partial charge in [-0.2, -0.15) is 0 Å². The number of imide groups is 1. The summed E-state index contributed by atoms with van der Waals surface area (Å²) in [7, 11) is 3.03. The number of aliphatic hydroxyl groups excluding tert-OH is 1. The predicted octanol–water partition coefficient (Wildman–Crippen LogP) is 1.74. The highest BCUT2D eigenvalue weighted by Crippen LogP contribution is 2.38. The number of hydrogen-bond acceptors (Lipinski definition) is 7. The smallest absolute Gasteiger partial charge is 0.282 e. The molecule has 2 amide bonds. The van der Waals surface area contributed by atoms with Crippen LogP contribution in [0.2, 0.25) is 0 Å². The van der Waals surface area contributed by atoms with Gasteiger partial charge < -0.3 is 19.5 Å². The van der Waals surface area contributed by atoms with E-state index in [9.17, 15) is 19.1 Å². The quantitative estimate of drug-likeness (QED) is 0.637. The number of halogens is 1. The van der Waals surface area contributed by atoms with Crippen molar-refractivity contribution in [1.29, 1.82) is 0 Å². The highest BCUT2D eigenvalue weighted by Gasteiger charge is 2.43. The van der Waals surface area contributed by atoms with Crippen molar-refractivity contribution >= 4 is 23.1 Å². The van der Waals surface area contributed by atoms with Crippen LogP contribution in [-0.4, -0.2) is 80.3 Å². The Bertz CT molecular complexity index is 1080. The molecule has 0 unspecified atom stereocenters. The molecule has 2 aromatic carbocycles. The molecule has 9 heteroatoms. The molecule has 4 rings (SSSR count). The molecule has 2 aliphatic rings. The standard InChI is InChI=1S/C24H26FN3O5/c1-32-19-8-3-16(15-20(19)33-2)21-22(27-11-9-26(10-12-27)13-14-29)24(31)28(23(21)30)18-6-4-17(25)5-7-18/h3-8,15,29H,9-14H2,1-2H3. The highest BCUT2D eigenvalue weighted by atomic mass is 19.1. The molecule has 2 aromatic rings. The molecule has 0 bridgehead atoms. The largest absolute Gasteiger partial charge is 0.493 e. The molecule has 2 aliphatic heterocycles. The first-order chi connectivity index (χ1) is 16.0. The molecule has 0 radical (unpaired) electrons. The first-order valence-corrected chi connectivity index (χ1v) is 10.7. The van der Waals surface area contributed by atoms with E-state index in [-0.39, 0.29) is 12.2 Å². The molecule has 0 aromatic heterocycles. The number of methoxy groups -OCH3 is 2. The van der Waals surface area contributed by atoms with Crippen LogP contribution in [0.3, 0.4) is 0 Å². The highest BCUT2D eigenvalue weighted by molar-refractivity contribution is 6.45. The van der Waals surface area contributed by atoms with Crippen LogP contribution < -0.4 is 14.4 Å². The number of nitrogens with zero attached hydrogens (tertiary/aromatic N) is 3. The van der Waals surface area contributed by atoms with Crippen LogP contribution in [0.4, 0.5) is 10.1 Å². The summed E-state index contributed by atoms with van der Waals surface area (Å²) in [6, 6.07) is 10.4. The molecule has 174 valence electrons. The number of amides is 2. The van der Waals surface area contributed by atoms with Crippen molar-refractivity contribution in [3.63, 3.8) is 0 Å². The number of anilines is 1. The van der Waals surface area contributed by atoms with E-state index < -0.39 is 17.6 Å². The van der Waals surface area contributed by atoms with E-state index in [0.717, 1.165) is 4.90 Å². The van der Waals surface area contributed by atoms with Crippen LogP contribution in [0.5, 0.6) is 11.5 Å². The fourth-order valence-corrected chi connectivity index (χ4v) is 4.22. The zero-order valence-electron chi connectivity index (χ0n) is 18.6. The zero-order chi connectivity index (χ0) is 23.5. The maximum Gasteiger partial charge on any atom is 0.282 e. The number of rotatable bonds is 7. The number of carbonyl (C=O) groups is 2. The van der Waals surface area contributed by atoms with Gasteiger partial charge in [0.2, 0.25) is 0 Å². The minimum atomic E-state index is -0.480. The predicted molar refractivity (Wildman–Crippen MR) is 120 cm³/mol. The van der Waals surface area contributed by atoms with Crippen molar-refractivity contribution in [3.8, 4) is 11.5 Å². The van der Waals surface area contributed by atoms with Crippen LogP contribution in [-0.2, 0) is 9.59 Å². The molecule has 1 saturated heterocycles. The van der Waals surface area contributed by atoms with Gasteiger partial charge in [0.05, 0.1) is 32.1 Å². The first-order valence-electron chi connectivity index (χ1n) is 10.7. The third kappa shape index (κ3) is 4.29. The molecule has 0 spiro atoms. The van der Waals surface area contributed by atoms with Crippen LogP contribution >= 0.6 is 0 Å². The molecule has 33 heavy (non-hydrogen) atoms. The lowest BCUT2D eigenvalue weighted by Crippen LogP contribution is -2.48. The average molecular weight is 455 g/mol. The normalized spacial score (nSPS) is 17.2. The maximum atomic E-state index is 13.6. The van der Waals surface area contributed by atoms with Gasteiger partial charge in [0.1, 0.15) is 11.5 Å². The summed E-state index contributed by atoms with van der Waals surface area (Å²) in [5.74, 6) is -0.437. The number of carbonyl (C=O) groups excluding carboxylic acids is 2. The second-order valence-corrected chi connectivity index (χ2v) is 7.77. The van der Waals surface area contributed by atoms with E-state index in [1.54, 1.807) is 18.2 Å². The summed E-state index contributed by atoms with van der Waals surface area (Å²) < 4.78 is 24.2. The number of benzene rings is 2. The Morgan fingerprint density at radius 1 is 0.909 bits per heavy atom. The van der Waals surface area contributed by atoms with Gasteiger partial charge >= 0.3 is 0 Å². The second-order valence-electron chi connectivity index (χ2n) is 7.77. The van der Waals surface area contributed by atoms with E-state index in [4.69, 9.17) is 9.47 Å². The van der Waals surface area contributed by atoms with Gasteiger partial charge in [-0.15, -0.1) is 0 Å². The third-order valence-electron chi connectivity index (χ3n) is 5.92. The van der Waals surface area contributed by atoms with Crippen molar-refractivity contribution in [2.45, 2.75) is 0 Å². The van der Waals surface area contributed by atoms with E-state index in [1.807, 2.05) is 4.90 Å². The maximum absolute atomic E-state index is 13.6. The Morgan fingerprint density at radius 3 is 2.18 bits per heavy atom. The number of ether oxygens (including phenoxy) is 2. The molecular formula is C24H26FN3O5. The Kier molecular flexibility index (Phi) is 6.62. The summed E-state index contributed by atoms with van der Waals surface area (Å²) in [5.41, 5.74) is 1.41. The van der Waals surface area contributed by atoms with E-state index >= 15 is 0 Å². The van der Waals surface area contributed by atoms with Crippen LogP contribution in [0.15, 0.2) is 48.2 Å². The molecule has 0 aliphatic carbocycles. The van der Waals surface area contributed by atoms with E-state index in [2.05, 4.69) is 4.90 Å². The molecule has 0 saturated carbocycles. The summed E-state index contributed by atoms with van der Waals surface area (Å²) in [4.78, 5) is 32.3. The van der Waals surface area contributed by atoms with Crippen molar-refractivity contribution in [1.82, 2.24) is 9.80 Å². The van der Waals surface area contributed by atoms with Crippen LogP contribution in [0, 0.1) is 5.82 Å². The lowest BCUT2D eigenvalue weighted by Gasteiger charge is -2.36. The number of piperazine rings is 1. The summed E-state index contributed by atoms with van der Waals surface area (Å²) in [5, 5.41) is 9.22.